The highest BCUT2D eigenvalue weighted by Gasteiger charge is 2.02. The number of hydrogen-bond donors (Lipinski definition) is 1. The molecule has 0 heterocycles. The molecule has 90 valence electrons. The van der Waals surface area contributed by atoms with Crippen LogP contribution in [0.3, 0.4) is 0 Å². The van der Waals surface area contributed by atoms with E-state index in [1.54, 1.807) is 0 Å². The Hall–Kier alpha value is -0.990. The van der Waals surface area contributed by atoms with Crippen LogP contribution in [0.4, 0.5) is 0 Å². The molecule has 17 heavy (non-hydrogen) atoms. The van der Waals surface area contributed by atoms with Crippen LogP contribution in [0, 0.1) is 0 Å². The second-order valence-corrected chi connectivity index (χ2v) is 5.46. The highest BCUT2D eigenvalue weighted by molar-refractivity contribution is 7.99. The molecule has 0 saturated heterocycles. The van der Waals surface area contributed by atoms with Gasteiger partial charge in [-0.05, 0) is 29.3 Å². The molecule has 0 radical (unpaired) electrons. The van der Waals surface area contributed by atoms with E-state index >= 15 is 0 Å². The summed E-state index contributed by atoms with van der Waals surface area (Å²) in [5.74, 6) is 1.01. The zero-order valence-corrected chi connectivity index (χ0v) is 11.0. The van der Waals surface area contributed by atoms with Crippen LogP contribution in [0.5, 0.6) is 0 Å². The predicted molar refractivity (Wildman–Crippen MR) is 77.6 cm³/mol. The van der Waals surface area contributed by atoms with Crippen molar-refractivity contribution >= 4 is 22.5 Å². The van der Waals surface area contributed by atoms with Crippen molar-refractivity contribution in [1.82, 2.24) is 0 Å². The van der Waals surface area contributed by atoms with Crippen molar-refractivity contribution < 1.29 is 0 Å². The third kappa shape index (κ3) is 3.48. The molecule has 2 aromatic carbocycles. The molecule has 0 bridgehead atoms. The van der Waals surface area contributed by atoms with E-state index in [4.69, 9.17) is 5.73 Å². The SMILES string of the molecule is CCCC(N)CSc1ccc2ccccc2c1. The molecule has 2 heteroatoms. The van der Waals surface area contributed by atoms with Gasteiger partial charge in [-0.2, -0.15) is 0 Å². The van der Waals surface area contributed by atoms with E-state index in [2.05, 4.69) is 49.4 Å². The Kier molecular flexibility index (Phi) is 4.46. The summed E-state index contributed by atoms with van der Waals surface area (Å²) in [5, 5.41) is 2.61. The topological polar surface area (TPSA) is 26.0 Å². The van der Waals surface area contributed by atoms with Crippen LogP contribution in [0.2, 0.25) is 0 Å². The zero-order valence-electron chi connectivity index (χ0n) is 10.2. The van der Waals surface area contributed by atoms with Gasteiger partial charge in [0.2, 0.25) is 0 Å². The summed E-state index contributed by atoms with van der Waals surface area (Å²) in [7, 11) is 0. The molecule has 2 aromatic rings. The summed E-state index contributed by atoms with van der Waals surface area (Å²) in [5.41, 5.74) is 6.02. The summed E-state index contributed by atoms with van der Waals surface area (Å²) in [6.07, 6.45) is 2.28. The standard InChI is InChI=1S/C15H19NS/c1-2-5-14(16)11-17-15-9-8-12-6-3-4-7-13(12)10-15/h3-4,6-10,14H,2,5,11,16H2,1H3. The van der Waals surface area contributed by atoms with Gasteiger partial charge in [0.15, 0.2) is 0 Å². The lowest BCUT2D eigenvalue weighted by Crippen LogP contribution is -2.22. The van der Waals surface area contributed by atoms with E-state index in [-0.39, 0.29) is 0 Å². The first kappa shape index (κ1) is 12.5. The number of nitrogens with two attached hydrogens (primary N) is 1. The van der Waals surface area contributed by atoms with Gasteiger partial charge in [-0.3, -0.25) is 0 Å². The van der Waals surface area contributed by atoms with Crippen LogP contribution in [0.15, 0.2) is 47.4 Å². The van der Waals surface area contributed by atoms with E-state index in [0.29, 0.717) is 6.04 Å². The summed E-state index contributed by atoms with van der Waals surface area (Å²) in [4.78, 5) is 1.32. The van der Waals surface area contributed by atoms with Gasteiger partial charge in [-0.15, -0.1) is 11.8 Å². The molecule has 0 spiro atoms. The molecule has 1 unspecified atom stereocenters. The van der Waals surface area contributed by atoms with Gasteiger partial charge in [0, 0.05) is 16.7 Å². The quantitative estimate of drug-likeness (QED) is 0.804. The molecule has 2 N–H and O–H groups in total. The Morgan fingerprint density at radius 1 is 1.12 bits per heavy atom. The minimum absolute atomic E-state index is 0.316. The molecule has 0 fully saturated rings. The molecule has 1 atom stereocenters. The number of thioether (sulfide) groups is 1. The van der Waals surface area contributed by atoms with E-state index in [0.717, 1.165) is 12.2 Å². The molecular weight excluding hydrogens is 226 g/mol. The van der Waals surface area contributed by atoms with Crippen molar-refractivity contribution in [2.45, 2.75) is 30.7 Å². The second kappa shape index (κ2) is 6.08. The Bertz CT molecular complexity index is 481. The van der Waals surface area contributed by atoms with E-state index < -0.39 is 0 Å². The summed E-state index contributed by atoms with van der Waals surface area (Å²) >= 11 is 1.86. The maximum absolute atomic E-state index is 6.02. The normalized spacial score (nSPS) is 12.8. The van der Waals surface area contributed by atoms with Crippen molar-refractivity contribution in [2.75, 3.05) is 5.75 Å². The van der Waals surface area contributed by atoms with Crippen LogP contribution in [-0.2, 0) is 0 Å². The average Bonchev–Trinajstić information content (AvgIpc) is 2.36. The molecule has 0 aliphatic heterocycles. The maximum atomic E-state index is 6.02. The van der Waals surface area contributed by atoms with Crippen LogP contribution >= 0.6 is 11.8 Å². The van der Waals surface area contributed by atoms with Crippen LogP contribution in [-0.4, -0.2) is 11.8 Å². The van der Waals surface area contributed by atoms with Gasteiger partial charge >= 0.3 is 0 Å². The largest absolute Gasteiger partial charge is 0.327 e. The molecule has 0 aromatic heterocycles. The molecule has 0 aliphatic carbocycles. The number of hydrogen-bond acceptors (Lipinski definition) is 2. The van der Waals surface area contributed by atoms with Crippen LogP contribution in [0.25, 0.3) is 10.8 Å². The van der Waals surface area contributed by atoms with Gasteiger partial charge in [0.1, 0.15) is 0 Å². The van der Waals surface area contributed by atoms with Gasteiger partial charge < -0.3 is 5.73 Å². The fraction of sp³-hybridized carbons (Fsp3) is 0.333. The van der Waals surface area contributed by atoms with E-state index in [1.807, 2.05) is 11.8 Å². The first-order valence-electron chi connectivity index (χ1n) is 6.17. The van der Waals surface area contributed by atoms with Gasteiger partial charge in [0.25, 0.3) is 0 Å². The fourth-order valence-electron chi connectivity index (χ4n) is 1.91. The second-order valence-electron chi connectivity index (χ2n) is 4.37. The lowest BCUT2D eigenvalue weighted by molar-refractivity contribution is 0.661. The van der Waals surface area contributed by atoms with Crippen molar-refractivity contribution in [1.29, 1.82) is 0 Å². The average molecular weight is 245 g/mol. The number of rotatable bonds is 5. The molecule has 0 aliphatic rings. The minimum atomic E-state index is 0.316. The van der Waals surface area contributed by atoms with Crippen molar-refractivity contribution in [3.8, 4) is 0 Å². The number of benzene rings is 2. The molecule has 0 amide bonds. The monoisotopic (exact) mass is 245 g/mol. The third-order valence-electron chi connectivity index (χ3n) is 2.84. The Balaban J connectivity index is 2.04. The van der Waals surface area contributed by atoms with E-state index in [1.165, 1.54) is 22.1 Å². The summed E-state index contributed by atoms with van der Waals surface area (Å²) in [6, 6.07) is 15.4. The molecule has 1 nitrogen and oxygen atoms in total. The van der Waals surface area contributed by atoms with Gasteiger partial charge in [-0.1, -0.05) is 43.7 Å². The summed E-state index contributed by atoms with van der Waals surface area (Å²) in [6.45, 7) is 2.18. The van der Waals surface area contributed by atoms with Gasteiger partial charge in [-0.25, -0.2) is 0 Å². The maximum Gasteiger partial charge on any atom is 0.0133 e. The highest BCUT2D eigenvalue weighted by Crippen LogP contribution is 2.24. The first-order valence-corrected chi connectivity index (χ1v) is 7.15. The minimum Gasteiger partial charge on any atom is -0.327 e. The van der Waals surface area contributed by atoms with Crippen LogP contribution < -0.4 is 5.73 Å². The predicted octanol–water partition coefficient (Wildman–Crippen LogP) is 4.06. The Morgan fingerprint density at radius 3 is 2.65 bits per heavy atom. The smallest absolute Gasteiger partial charge is 0.0133 e. The molecular formula is C15H19NS. The van der Waals surface area contributed by atoms with E-state index in [9.17, 15) is 0 Å². The number of fused-ring (bicyclic) bond motifs is 1. The molecule has 2 rings (SSSR count). The fourth-order valence-corrected chi connectivity index (χ4v) is 2.86. The first-order chi connectivity index (χ1) is 8.29. The zero-order chi connectivity index (χ0) is 12.1. The van der Waals surface area contributed by atoms with Crippen molar-refractivity contribution in [3.63, 3.8) is 0 Å². The molecule has 0 saturated carbocycles. The van der Waals surface area contributed by atoms with Crippen molar-refractivity contribution in [3.05, 3.63) is 42.5 Å². The Morgan fingerprint density at radius 2 is 1.88 bits per heavy atom. The third-order valence-corrected chi connectivity index (χ3v) is 4.03. The Labute approximate surface area is 107 Å². The van der Waals surface area contributed by atoms with Gasteiger partial charge in [0.05, 0.1) is 0 Å². The van der Waals surface area contributed by atoms with Crippen LogP contribution in [0.1, 0.15) is 19.8 Å². The highest BCUT2D eigenvalue weighted by atomic mass is 32.2. The lowest BCUT2D eigenvalue weighted by Gasteiger charge is -2.10. The van der Waals surface area contributed by atoms with Crippen molar-refractivity contribution in [2.24, 2.45) is 5.73 Å². The lowest BCUT2D eigenvalue weighted by atomic mass is 10.1. The summed E-state index contributed by atoms with van der Waals surface area (Å²) < 4.78 is 0.